The van der Waals surface area contributed by atoms with E-state index in [4.69, 9.17) is 21.1 Å². The molecule has 0 N–H and O–H groups in total. The van der Waals surface area contributed by atoms with Gasteiger partial charge >= 0.3 is 0 Å². The molecule has 1 aliphatic rings. The van der Waals surface area contributed by atoms with Crippen molar-refractivity contribution in [3.05, 3.63) is 76.6 Å². The molecule has 0 radical (unpaired) electrons. The number of aromatic nitrogens is 2. The molecule has 0 unspecified atom stereocenters. The molecule has 2 aromatic carbocycles. The molecule has 144 valence electrons. The van der Waals surface area contributed by atoms with Gasteiger partial charge in [-0.05, 0) is 29.3 Å². The Morgan fingerprint density at radius 3 is 2.79 bits per heavy atom. The summed E-state index contributed by atoms with van der Waals surface area (Å²) >= 11 is 6.20. The van der Waals surface area contributed by atoms with Crippen molar-refractivity contribution in [2.45, 2.75) is 13.1 Å². The Kier molecular flexibility index (Phi) is 5.21. The number of ether oxygens (including phenoxy) is 2. The first kappa shape index (κ1) is 18.4. The molecule has 0 saturated heterocycles. The molecule has 0 aliphatic carbocycles. The maximum absolute atomic E-state index is 12.8. The Morgan fingerprint density at radius 2 is 1.96 bits per heavy atom. The molecule has 3 aromatic rings. The van der Waals surface area contributed by atoms with Gasteiger partial charge in [0.1, 0.15) is 13.2 Å². The van der Waals surface area contributed by atoms with E-state index in [1.165, 1.54) is 0 Å². The van der Waals surface area contributed by atoms with Crippen LogP contribution in [-0.4, -0.2) is 40.8 Å². The van der Waals surface area contributed by atoms with Gasteiger partial charge in [0.15, 0.2) is 11.5 Å². The molecule has 28 heavy (non-hydrogen) atoms. The second-order valence-electron chi connectivity index (χ2n) is 6.66. The van der Waals surface area contributed by atoms with Gasteiger partial charge in [0.25, 0.3) is 5.91 Å². The second kappa shape index (κ2) is 7.94. The van der Waals surface area contributed by atoms with E-state index in [1.807, 2.05) is 42.5 Å². The Hall–Kier alpha value is -2.99. The lowest BCUT2D eigenvalue weighted by atomic mass is 10.1. The number of rotatable bonds is 5. The molecule has 7 heteroatoms. The minimum Gasteiger partial charge on any atom is -0.486 e. The monoisotopic (exact) mass is 397 g/mol. The van der Waals surface area contributed by atoms with Gasteiger partial charge in [-0.15, -0.1) is 0 Å². The van der Waals surface area contributed by atoms with Gasteiger partial charge < -0.3 is 14.4 Å². The summed E-state index contributed by atoms with van der Waals surface area (Å²) in [6, 6.07) is 13.3. The standard InChI is InChI=1S/C21H20ClN3O3/c1-24(12-15-6-7-19-20(10-15)28-9-8-27-19)21(26)17-11-23-25(14-17)13-16-4-2-3-5-18(16)22/h2-7,10-11,14H,8-9,12-13H2,1H3. The van der Waals surface area contributed by atoms with Gasteiger partial charge in [-0.2, -0.15) is 5.10 Å². The minimum atomic E-state index is -0.0969. The number of amides is 1. The SMILES string of the molecule is CN(Cc1ccc2c(c1)OCCO2)C(=O)c1cnn(Cc2ccccc2Cl)c1. The van der Waals surface area contributed by atoms with Crippen LogP contribution in [0.5, 0.6) is 11.5 Å². The highest BCUT2D eigenvalue weighted by molar-refractivity contribution is 6.31. The summed E-state index contributed by atoms with van der Waals surface area (Å²) in [4.78, 5) is 14.4. The Balaban J connectivity index is 1.43. The van der Waals surface area contributed by atoms with E-state index >= 15 is 0 Å². The fourth-order valence-corrected chi connectivity index (χ4v) is 3.31. The lowest BCUT2D eigenvalue weighted by Crippen LogP contribution is -2.26. The first-order valence-corrected chi connectivity index (χ1v) is 9.38. The van der Waals surface area contributed by atoms with Gasteiger partial charge in [-0.25, -0.2) is 0 Å². The smallest absolute Gasteiger partial charge is 0.257 e. The van der Waals surface area contributed by atoms with Gasteiger partial charge in [-0.3, -0.25) is 9.48 Å². The molecule has 4 rings (SSSR count). The van der Waals surface area contributed by atoms with Crippen molar-refractivity contribution < 1.29 is 14.3 Å². The van der Waals surface area contributed by atoms with E-state index in [0.29, 0.717) is 36.9 Å². The van der Waals surface area contributed by atoms with Crippen LogP contribution in [0, 0.1) is 0 Å². The van der Waals surface area contributed by atoms with E-state index in [2.05, 4.69) is 5.10 Å². The Bertz CT molecular complexity index is 1000. The van der Waals surface area contributed by atoms with Crippen LogP contribution >= 0.6 is 11.6 Å². The van der Waals surface area contributed by atoms with Crippen molar-refractivity contribution in [1.82, 2.24) is 14.7 Å². The molecule has 0 fully saturated rings. The van der Waals surface area contributed by atoms with Crippen LogP contribution in [0.1, 0.15) is 21.5 Å². The van der Waals surface area contributed by atoms with Gasteiger partial charge in [0, 0.05) is 24.8 Å². The fraction of sp³-hybridized carbons (Fsp3) is 0.238. The van der Waals surface area contributed by atoms with Crippen molar-refractivity contribution in [2.75, 3.05) is 20.3 Å². The molecule has 0 saturated carbocycles. The molecular weight excluding hydrogens is 378 g/mol. The highest BCUT2D eigenvalue weighted by atomic mass is 35.5. The number of hydrogen-bond donors (Lipinski definition) is 0. The summed E-state index contributed by atoms with van der Waals surface area (Å²) < 4.78 is 12.9. The van der Waals surface area contributed by atoms with Crippen LogP contribution in [0.4, 0.5) is 0 Å². The van der Waals surface area contributed by atoms with E-state index < -0.39 is 0 Å². The van der Waals surface area contributed by atoms with Crippen LogP contribution in [-0.2, 0) is 13.1 Å². The van der Waals surface area contributed by atoms with Crippen LogP contribution in [0.25, 0.3) is 0 Å². The molecule has 0 atom stereocenters. The second-order valence-corrected chi connectivity index (χ2v) is 7.06. The van der Waals surface area contributed by atoms with Crippen molar-refractivity contribution >= 4 is 17.5 Å². The van der Waals surface area contributed by atoms with E-state index in [-0.39, 0.29) is 5.91 Å². The van der Waals surface area contributed by atoms with Crippen LogP contribution < -0.4 is 9.47 Å². The zero-order chi connectivity index (χ0) is 19.5. The maximum Gasteiger partial charge on any atom is 0.257 e. The lowest BCUT2D eigenvalue weighted by Gasteiger charge is -2.21. The van der Waals surface area contributed by atoms with Crippen LogP contribution in [0.3, 0.4) is 0 Å². The third kappa shape index (κ3) is 3.97. The molecular formula is C21H20ClN3O3. The zero-order valence-electron chi connectivity index (χ0n) is 15.5. The number of hydrogen-bond acceptors (Lipinski definition) is 4. The average Bonchev–Trinajstić information content (AvgIpc) is 3.17. The van der Waals surface area contributed by atoms with Crippen molar-refractivity contribution in [1.29, 1.82) is 0 Å². The summed E-state index contributed by atoms with van der Waals surface area (Å²) in [6.07, 6.45) is 3.32. The summed E-state index contributed by atoms with van der Waals surface area (Å²) in [5, 5.41) is 4.98. The molecule has 2 heterocycles. The molecule has 0 spiro atoms. The molecule has 0 bridgehead atoms. The first-order valence-electron chi connectivity index (χ1n) is 9.00. The van der Waals surface area contributed by atoms with E-state index in [1.54, 1.807) is 29.0 Å². The van der Waals surface area contributed by atoms with Crippen LogP contribution in [0.2, 0.25) is 5.02 Å². The molecule has 1 aromatic heterocycles. The lowest BCUT2D eigenvalue weighted by molar-refractivity contribution is 0.0784. The third-order valence-electron chi connectivity index (χ3n) is 4.54. The normalized spacial score (nSPS) is 12.6. The fourth-order valence-electron chi connectivity index (χ4n) is 3.11. The van der Waals surface area contributed by atoms with Crippen LogP contribution in [0.15, 0.2) is 54.9 Å². The average molecular weight is 398 g/mol. The van der Waals surface area contributed by atoms with Crippen molar-refractivity contribution in [3.63, 3.8) is 0 Å². The predicted octanol–water partition coefficient (Wildman–Crippen LogP) is 3.63. The van der Waals surface area contributed by atoms with Crippen molar-refractivity contribution in [2.24, 2.45) is 0 Å². The predicted molar refractivity (Wildman–Crippen MR) is 106 cm³/mol. The molecule has 1 aliphatic heterocycles. The summed E-state index contributed by atoms with van der Waals surface area (Å²) in [5.74, 6) is 1.36. The van der Waals surface area contributed by atoms with Gasteiger partial charge in [-0.1, -0.05) is 35.9 Å². The summed E-state index contributed by atoms with van der Waals surface area (Å²) in [7, 11) is 1.77. The maximum atomic E-state index is 12.8. The van der Waals surface area contributed by atoms with E-state index in [9.17, 15) is 4.79 Å². The third-order valence-corrected chi connectivity index (χ3v) is 4.91. The van der Waals surface area contributed by atoms with E-state index in [0.717, 1.165) is 22.6 Å². The number of carbonyl (C=O) groups excluding carboxylic acids is 1. The number of benzene rings is 2. The number of halogens is 1. The summed E-state index contributed by atoms with van der Waals surface area (Å²) in [5.41, 5.74) is 2.46. The Morgan fingerprint density at radius 1 is 1.18 bits per heavy atom. The van der Waals surface area contributed by atoms with Gasteiger partial charge in [0.05, 0.1) is 18.3 Å². The quantitative estimate of drug-likeness (QED) is 0.659. The largest absolute Gasteiger partial charge is 0.486 e. The molecule has 1 amide bonds. The number of carbonyl (C=O) groups is 1. The first-order chi connectivity index (χ1) is 13.6. The van der Waals surface area contributed by atoms with Crippen molar-refractivity contribution in [3.8, 4) is 11.5 Å². The highest BCUT2D eigenvalue weighted by Crippen LogP contribution is 2.31. The molecule has 6 nitrogen and oxygen atoms in total. The minimum absolute atomic E-state index is 0.0969. The highest BCUT2D eigenvalue weighted by Gasteiger charge is 2.17. The summed E-state index contributed by atoms with van der Waals surface area (Å²) in [6.45, 7) is 2.07. The number of nitrogens with zero attached hydrogens (tertiary/aromatic N) is 3. The number of fused-ring (bicyclic) bond motifs is 1. The topological polar surface area (TPSA) is 56.6 Å². The Labute approximate surface area is 168 Å². The zero-order valence-corrected chi connectivity index (χ0v) is 16.2. The van der Waals surface area contributed by atoms with Gasteiger partial charge in [0.2, 0.25) is 0 Å².